The molecule has 0 aliphatic carbocycles. The molecule has 0 saturated carbocycles. The molecule has 1 unspecified atom stereocenters. The van der Waals surface area contributed by atoms with Gasteiger partial charge in [-0.1, -0.05) is 24.3 Å². The summed E-state index contributed by atoms with van der Waals surface area (Å²) in [7, 11) is 3.03. The van der Waals surface area contributed by atoms with E-state index in [-0.39, 0.29) is 17.8 Å². The largest absolute Gasteiger partial charge is 0.497 e. The van der Waals surface area contributed by atoms with Crippen molar-refractivity contribution in [3.63, 3.8) is 0 Å². The van der Waals surface area contributed by atoms with Gasteiger partial charge in [-0.15, -0.1) is 0 Å². The van der Waals surface area contributed by atoms with Crippen LogP contribution < -0.4 is 20.3 Å². The van der Waals surface area contributed by atoms with Crippen molar-refractivity contribution in [2.75, 3.05) is 26.1 Å². The van der Waals surface area contributed by atoms with Gasteiger partial charge in [0.15, 0.2) is 0 Å². The second-order valence-corrected chi connectivity index (χ2v) is 8.96. The number of benzene rings is 3. The van der Waals surface area contributed by atoms with Crippen molar-refractivity contribution < 1.29 is 18.7 Å². The summed E-state index contributed by atoms with van der Waals surface area (Å²) >= 11 is 3.56. The molecule has 0 aliphatic heterocycles. The van der Waals surface area contributed by atoms with Crippen molar-refractivity contribution in [3.05, 3.63) is 87.1 Å². The summed E-state index contributed by atoms with van der Waals surface area (Å²) in [6.45, 7) is 3.83. The van der Waals surface area contributed by atoms with E-state index in [4.69, 9.17) is 14.5 Å². The van der Waals surface area contributed by atoms with Gasteiger partial charge < -0.3 is 19.7 Å². The molecule has 37 heavy (non-hydrogen) atoms. The Morgan fingerprint density at radius 3 is 2.51 bits per heavy atom. The SMILES string of the molecule is CCN(C(=O)Nc1ccccc1F)C(C)c1nc2ccccc2c(=O)n1-c1cc(OC)cc(OC)c1Br. The van der Waals surface area contributed by atoms with Gasteiger partial charge in [0, 0.05) is 18.7 Å². The molecule has 1 heterocycles. The van der Waals surface area contributed by atoms with E-state index in [9.17, 15) is 14.0 Å². The minimum Gasteiger partial charge on any atom is -0.497 e. The number of halogens is 2. The van der Waals surface area contributed by atoms with Crippen LogP contribution in [-0.2, 0) is 0 Å². The van der Waals surface area contributed by atoms with Crippen molar-refractivity contribution in [1.82, 2.24) is 14.5 Å². The highest BCUT2D eigenvalue weighted by Gasteiger charge is 2.28. The van der Waals surface area contributed by atoms with Crippen molar-refractivity contribution in [2.24, 2.45) is 0 Å². The van der Waals surface area contributed by atoms with Crippen LogP contribution in [0, 0.1) is 5.82 Å². The van der Waals surface area contributed by atoms with Gasteiger partial charge in [0.25, 0.3) is 5.56 Å². The van der Waals surface area contributed by atoms with E-state index in [1.165, 1.54) is 35.8 Å². The first kappa shape index (κ1) is 26.2. The Balaban J connectivity index is 1.91. The predicted octanol–water partition coefficient (Wildman–Crippen LogP) is 5.92. The number of amides is 2. The van der Waals surface area contributed by atoms with Crippen molar-refractivity contribution in [3.8, 4) is 17.2 Å². The number of hydrogen-bond acceptors (Lipinski definition) is 5. The second kappa shape index (κ2) is 11.0. The molecule has 0 bridgehead atoms. The van der Waals surface area contributed by atoms with Crippen LogP contribution in [-0.4, -0.2) is 41.2 Å². The van der Waals surface area contributed by atoms with Crippen molar-refractivity contribution in [2.45, 2.75) is 19.9 Å². The summed E-state index contributed by atoms with van der Waals surface area (Å²) < 4.78 is 27.1. The Bertz CT molecular complexity index is 1520. The molecule has 10 heteroatoms. The summed E-state index contributed by atoms with van der Waals surface area (Å²) in [5.41, 5.74) is 0.658. The third-order valence-corrected chi connectivity index (χ3v) is 6.85. The second-order valence-electron chi connectivity index (χ2n) is 8.16. The predicted molar refractivity (Wildman–Crippen MR) is 144 cm³/mol. The molecule has 1 N–H and O–H groups in total. The van der Waals surface area contributed by atoms with Crippen LogP contribution in [0.4, 0.5) is 14.9 Å². The number of fused-ring (bicyclic) bond motifs is 1. The lowest BCUT2D eigenvalue weighted by Gasteiger charge is -2.30. The van der Waals surface area contributed by atoms with E-state index < -0.39 is 17.9 Å². The lowest BCUT2D eigenvalue weighted by molar-refractivity contribution is 0.193. The lowest BCUT2D eigenvalue weighted by atomic mass is 10.1. The highest BCUT2D eigenvalue weighted by molar-refractivity contribution is 9.10. The molecule has 0 radical (unpaired) electrons. The maximum atomic E-state index is 14.2. The first-order valence-electron chi connectivity index (χ1n) is 11.6. The van der Waals surface area contributed by atoms with Gasteiger partial charge in [-0.3, -0.25) is 9.36 Å². The van der Waals surface area contributed by atoms with E-state index in [1.54, 1.807) is 62.4 Å². The third kappa shape index (κ3) is 5.01. The molecule has 8 nitrogen and oxygen atoms in total. The highest BCUT2D eigenvalue weighted by Crippen LogP contribution is 2.37. The summed E-state index contributed by atoms with van der Waals surface area (Å²) in [5, 5.41) is 3.03. The molecule has 0 spiro atoms. The smallest absolute Gasteiger partial charge is 0.322 e. The maximum absolute atomic E-state index is 14.2. The number of methoxy groups -OCH3 is 2. The van der Waals surface area contributed by atoms with Crippen LogP contribution in [0.1, 0.15) is 25.7 Å². The van der Waals surface area contributed by atoms with E-state index in [0.717, 1.165) is 0 Å². The zero-order valence-corrected chi connectivity index (χ0v) is 22.4. The number of anilines is 1. The normalized spacial score (nSPS) is 11.7. The Hall–Kier alpha value is -3.92. The molecule has 2 amide bonds. The Kier molecular flexibility index (Phi) is 7.77. The lowest BCUT2D eigenvalue weighted by Crippen LogP contribution is -2.40. The number of nitrogens with zero attached hydrogens (tertiary/aromatic N) is 3. The van der Waals surface area contributed by atoms with Crippen molar-refractivity contribution >= 4 is 38.6 Å². The first-order valence-corrected chi connectivity index (χ1v) is 12.4. The van der Waals surface area contributed by atoms with Gasteiger partial charge in [-0.2, -0.15) is 0 Å². The minimum absolute atomic E-state index is 0.0577. The number of carbonyl (C=O) groups excluding carboxylic acids is 1. The molecule has 1 aromatic heterocycles. The molecule has 0 saturated heterocycles. The molecule has 4 rings (SSSR count). The summed E-state index contributed by atoms with van der Waals surface area (Å²) in [6, 6.07) is 15.1. The first-order chi connectivity index (χ1) is 17.8. The number of rotatable bonds is 7. The van der Waals surface area contributed by atoms with Gasteiger partial charge in [0.1, 0.15) is 23.1 Å². The average Bonchev–Trinajstić information content (AvgIpc) is 2.90. The van der Waals surface area contributed by atoms with Crippen molar-refractivity contribution in [1.29, 1.82) is 0 Å². The molecule has 0 fully saturated rings. The average molecular weight is 569 g/mol. The fourth-order valence-corrected chi connectivity index (χ4v) is 4.70. The number of ether oxygens (including phenoxy) is 2. The van der Waals surface area contributed by atoms with E-state index in [1.807, 2.05) is 0 Å². The summed E-state index contributed by atoms with van der Waals surface area (Å²) in [6.07, 6.45) is 0. The quantitative estimate of drug-likeness (QED) is 0.299. The summed E-state index contributed by atoms with van der Waals surface area (Å²) in [4.78, 5) is 33.4. The van der Waals surface area contributed by atoms with Gasteiger partial charge >= 0.3 is 6.03 Å². The Morgan fingerprint density at radius 1 is 1.14 bits per heavy atom. The zero-order chi connectivity index (χ0) is 26.7. The van der Waals surface area contributed by atoms with E-state index in [2.05, 4.69) is 21.2 Å². The number of nitrogens with one attached hydrogen (secondary N) is 1. The monoisotopic (exact) mass is 568 g/mol. The van der Waals surface area contributed by atoms with Crippen LogP contribution in [0.5, 0.6) is 11.5 Å². The number of hydrogen-bond donors (Lipinski definition) is 1. The Labute approximate surface area is 221 Å². The third-order valence-electron chi connectivity index (χ3n) is 6.05. The van der Waals surface area contributed by atoms with Crippen LogP contribution in [0.25, 0.3) is 16.6 Å². The zero-order valence-electron chi connectivity index (χ0n) is 20.8. The molecular formula is C27H26BrFN4O4. The molecule has 3 aromatic carbocycles. The van der Waals surface area contributed by atoms with Crippen LogP contribution in [0.15, 0.2) is 69.9 Å². The van der Waals surface area contributed by atoms with Crippen LogP contribution in [0.2, 0.25) is 0 Å². The number of para-hydroxylation sites is 2. The van der Waals surface area contributed by atoms with Gasteiger partial charge in [0.05, 0.1) is 47.0 Å². The fraction of sp³-hybridized carbons (Fsp3) is 0.222. The topological polar surface area (TPSA) is 85.7 Å². The van der Waals surface area contributed by atoms with E-state index >= 15 is 0 Å². The van der Waals surface area contributed by atoms with Gasteiger partial charge in [-0.25, -0.2) is 14.2 Å². The van der Waals surface area contributed by atoms with Gasteiger partial charge in [-0.05, 0) is 54.0 Å². The van der Waals surface area contributed by atoms with Crippen LogP contribution >= 0.6 is 15.9 Å². The molecule has 192 valence electrons. The molecule has 1 atom stereocenters. The number of urea groups is 1. The Morgan fingerprint density at radius 2 is 1.84 bits per heavy atom. The maximum Gasteiger partial charge on any atom is 0.322 e. The standard InChI is InChI=1S/C27H26BrFN4O4/c1-5-32(27(35)31-21-13-9-7-11-19(21)29)16(2)25-30-20-12-8-6-10-18(20)26(34)33(25)22-14-17(36-3)15-23(37-4)24(22)28/h6-16H,5H2,1-4H3,(H,31,35). The van der Waals surface area contributed by atoms with Crippen LogP contribution in [0.3, 0.4) is 0 Å². The number of carbonyl (C=O) groups is 1. The van der Waals surface area contributed by atoms with E-state index in [0.29, 0.717) is 38.4 Å². The number of aromatic nitrogens is 2. The molecule has 4 aromatic rings. The summed E-state index contributed by atoms with van der Waals surface area (Å²) in [5.74, 6) is 0.689. The fourth-order valence-electron chi connectivity index (χ4n) is 4.13. The highest BCUT2D eigenvalue weighted by atomic mass is 79.9. The minimum atomic E-state index is -0.682. The molecule has 0 aliphatic rings. The van der Waals surface area contributed by atoms with Gasteiger partial charge in [0.2, 0.25) is 0 Å². The molecular weight excluding hydrogens is 543 g/mol.